The Labute approximate surface area is 157 Å². The van der Waals surface area contributed by atoms with Crippen LogP contribution in [0.25, 0.3) is 0 Å². The molecular formula is C19H21ClN2O4. The van der Waals surface area contributed by atoms with Crippen LogP contribution in [0.5, 0.6) is 5.75 Å². The summed E-state index contributed by atoms with van der Waals surface area (Å²) in [6.07, 6.45) is -0.0716. The minimum absolute atomic E-state index is 0.0219. The molecule has 0 unspecified atom stereocenters. The van der Waals surface area contributed by atoms with E-state index in [0.29, 0.717) is 27.7 Å². The first-order chi connectivity index (χ1) is 12.4. The third-order valence-corrected chi connectivity index (χ3v) is 3.49. The highest BCUT2D eigenvalue weighted by atomic mass is 35.5. The molecule has 0 aliphatic heterocycles. The molecule has 0 aliphatic rings. The van der Waals surface area contributed by atoms with E-state index < -0.39 is 0 Å². The van der Waals surface area contributed by atoms with Crippen molar-refractivity contribution in [3.05, 3.63) is 53.1 Å². The summed E-state index contributed by atoms with van der Waals surface area (Å²) in [7, 11) is 1.45. The molecule has 26 heavy (non-hydrogen) atoms. The van der Waals surface area contributed by atoms with Gasteiger partial charge in [-0.3, -0.25) is 9.59 Å². The van der Waals surface area contributed by atoms with Crippen LogP contribution < -0.4 is 15.4 Å². The Balaban J connectivity index is 2.10. The van der Waals surface area contributed by atoms with Crippen molar-refractivity contribution in [2.75, 3.05) is 24.4 Å². The zero-order valence-electron chi connectivity index (χ0n) is 14.8. The second-order valence-corrected chi connectivity index (χ2v) is 6.26. The van der Waals surface area contributed by atoms with Crippen molar-refractivity contribution in [2.24, 2.45) is 0 Å². The van der Waals surface area contributed by atoms with Crippen LogP contribution >= 0.6 is 11.6 Å². The van der Waals surface area contributed by atoms with Crippen molar-refractivity contribution in [3.63, 3.8) is 0 Å². The standard InChI is InChI=1S/C19H21ClN2O4/c1-12(2)26-17-9-4-13(20)10-16(17)19(24)22-15-7-5-14(6-8-15)21-18(23)11-25-3/h4-10,12H,11H2,1-3H3,(H,21,23)(H,22,24). The summed E-state index contributed by atoms with van der Waals surface area (Å²) in [5, 5.41) is 5.92. The molecule has 2 aromatic rings. The molecule has 2 aromatic carbocycles. The number of nitrogens with one attached hydrogen (secondary N) is 2. The highest BCUT2D eigenvalue weighted by Gasteiger charge is 2.15. The van der Waals surface area contributed by atoms with Crippen LogP contribution in [0.15, 0.2) is 42.5 Å². The van der Waals surface area contributed by atoms with Gasteiger partial charge < -0.3 is 20.1 Å². The van der Waals surface area contributed by atoms with Gasteiger partial charge in [-0.05, 0) is 56.3 Å². The third kappa shape index (κ3) is 5.75. The molecule has 0 bridgehead atoms. The maximum absolute atomic E-state index is 12.6. The van der Waals surface area contributed by atoms with Crippen LogP contribution in [0.4, 0.5) is 11.4 Å². The topological polar surface area (TPSA) is 76.7 Å². The van der Waals surface area contributed by atoms with Crippen molar-refractivity contribution >= 4 is 34.8 Å². The zero-order valence-corrected chi connectivity index (χ0v) is 15.6. The second-order valence-electron chi connectivity index (χ2n) is 5.82. The van der Waals surface area contributed by atoms with E-state index >= 15 is 0 Å². The predicted octanol–water partition coefficient (Wildman–Crippen LogP) is 3.96. The lowest BCUT2D eigenvalue weighted by atomic mass is 10.1. The number of benzene rings is 2. The molecule has 138 valence electrons. The number of rotatable bonds is 7. The number of carbonyl (C=O) groups is 2. The Hall–Kier alpha value is -2.57. The lowest BCUT2D eigenvalue weighted by molar-refractivity contribution is -0.119. The SMILES string of the molecule is COCC(=O)Nc1ccc(NC(=O)c2cc(Cl)ccc2OC(C)C)cc1. The van der Waals surface area contributed by atoms with Gasteiger partial charge in [0.15, 0.2) is 0 Å². The van der Waals surface area contributed by atoms with E-state index in [9.17, 15) is 9.59 Å². The molecule has 0 aromatic heterocycles. The Morgan fingerprint density at radius 2 is 1.65 bits per heavy atom. The molecule has 0 saturated carbocycles. The fourth-order valence-electron chi connectivity index (χ4n) is 2.20. The molecular weight excluding hydrogens is 356 g/mol. The summed E-state index contributed by atoms with van der Waals surface area (Å²) in [4.78, 5) is 24.1. The van der Waals surface area contributed by atoms with E-state index in [1.54, 1.807) is 42.5 Å². The third-order valence-electron chi connectivity index (χ3n) is 3.25. The molecule has 0 atom stereocenters. The van der Waals surface area contributed by atoms with Gasteiger partial charge in [0, 0.05) is 23.5 Å². The van der Waals surface area contributed by atoms with E-state index in [1.165, 1.54) is 7.11 Å². The van der Waals surface area contributed by atoms with Gasteiger partial charge in [-0.2, -0.15) is 0 Å². The molecule has 7 heteroatoms. The summed E-state index contributed by atoms with van der Waals surface area (Å²) >= 11 is 6.01. The highest BCUT2D eigenvalue weighted by Crippen LogP contribution is 2.25. The summed E-state index contributed by atoms with van der Waals surface area (Å²) in [5.41, 5.74) is 1.54. The average molecular weight is 377 g/mol. The van der Waals surface area contributed by atoms with Crippen molar-refractivity contribution in [3.8, 4) is 5.75 Å². The number of amides is 2. The quantitative estimate of drug-likeness (QED) is 0.766. The molecule has 0 spiro atoms. The van der Waals surface area contributed by atoms with Crippen LogP contribution in [0.1, 0.15) is 24.2 Å². The van der Waals surface area contributed by atoms with Gasteiger partial charge in [0.2, 0.25) is 5.91 Å². The van der Waals surface area contributed by atoms with E-state index in [4.69, 9.17) is 21.1 Å². The van der Waals surface area contributed by atoms with Crippen molar-refractivity contribution < 1.29 is 19.1 Å². The highest BCUT2D eigenvalue weighted by molar-refractivity contribution is 6.31. The van der Waals surface area contributed by atoms with Crippen LogP contribution in [-0.2, 0) is 9.53 Å². The van der Waals surface area contributed by atoms with Gasteiger partial charge >= 0.3 is 0 Å². The second kappa shape index (κ2) is 9.22. The molecule has 2 amide bonds. The van der Waals surface area contributed by atoms with Crippen molar-refractivity contribution in [1.82, 2.24) is 0 Å². The maximum atomic E-state index is 12.6. The van der Waals surface area contributed by atoms with E-state index in [2.05, 4.69) is 10.6 Å². The Morgan fingerprint density at radius 3 is 2.23 bits per heavy atom. The lowest BCUT2D eigenvalue weighted by Crippen LogP contribution is -2.17. The molecule has 0 fully saturated rings. The first kappa shape index (κ1) is 19.8. The fraction of sp³-hybridized carbons (Fsp3) is 0.263. The molecule has 0 aliphatic carbocycles. The van der Waals surface area contributed by atoms with E-state index in [0.717, 1.165) is 0 Å². The Morgan fingerprint density at radius 1 is 1.04 bits per heavy atom. The van der Waals surface area contributed by atoms with Gasteiger partial charge in [0.25, 0.3) is 5.91 Å². The summed E-state index contributed by atoms with van der Waals surface area (Å²) in [5.74, 6) is -0.122. The maximum Gasteiger partial charge on any atom is 0.259 e. The minimum atomic E-state index is -0.334. The van der Waals surface area contributed by atoms with Crippen LogP contribution in [0.3, 0.4) is 0 Å². The lowest BCUT2D eigenvalue weighted by Gasteiger charge is -2.14. The molecule has 2 N–H and O–H groups in total. The molecule has 0 saturated heterocycles. The average Bonchev–Trinajstić information content (AvgIpc) is 2.58. The number of carbonyl (C=O) groups excluding carboxylic acids is 2. The van der Waals surface area contributed by atoms with Crippen molar-refractivity contribution in [2.45, 2.75) is 20.0 Å². The number of hydrogen-bond acceptors (Lipinski definition) is 4. The minimum Gasteiger partial charge on any atom is -0.490 e. The first-order valence-corrected chi connectivity index (χ1v) is 8.43. The Kier molecular flexibility index (Phi) is 7.00. The van der Waals surface area contributed by atoms with Crippen LogP contribution in [0, 0.1) is 0 Å². The monoisotopic (exact) mass is 376 g/mol. The largest absolute Gasteiger partial charge is 0.490 e. The number of hydrogen-bond donors (Lipinski definition) is 2. The molecule has 2 rings (SSSR count). The number of halogens is 1. The van der Waals surface area contributed by atoms with Gasteiger partial charge in [0.05, 0.1) is 11.7 Å². The number of methoxy groups -OCH3 is 1. The Bertz CT molecular complexity index is 776. The first-order valence-electron chi connectivity index (χ1n) is 8.05. The van der Waals surface area contributed by atoms with Gasteiger partial charge in [-0.1, -0.05) is 11.6 Å². The molecule has 6 nitrogen and oxygen atoms in total. The summed E-state index contributed by atoms with van der Waals surface area (Å²) in [6.45, 7) is 3.74. The van der Waals surface area contributed by atoms with E-state index in [-0.39, 0.29) is 24.5 Å². The van der Waals surface area contributed by atoms with E-state index in [1.807, 2.05) is 13.8 Å². The van der Waals surface area contributed by atoms with Crippen LogP contribution in [0.2, 0.25) is 5.02 Å². The van der Waals surface area contributed by atoms with Gasteiger partial charge in [-0.25, -0.2) is 0 Å². The van der Waals surface area contributed by atoms with Crippen molar-refractivity contribution in [1.29, 1.82) is 0 Å². The van der Waals surface area contributed by atoms with Gasteiger partial charge in [-0.15, -0.1) is 0 Å². The summed E-state index contributed by atoms with van der Waals surface area (Å²) in [6, 6.07) is 11.7. The number of anilines is 2. The number of ether oxygens (including phenoxy) is 2. The van der Waals surface area contributed by atoms with Crippen LogP contribution in [-0.4, -0.2) is 31.6 Å². The van der Waals surface area contributed by atoms with Gasteiger partial charge in [0.1, 0.15) is 12.4 Å². The smallest absolute Gasteiger partial charge is 0.259 e. The molecule has 0 heterocycles. The fourth-order valence-corrected chi connectivity index (χ4v) is 2.37. The zero-order chi connectivity index (χ0) is 19.1. The predicted molar refractivity (Wildman–Crippen MR) is 102 cm³/mol. The normalized spacial score (nSPS) is 10.5. The molecule has 0 radical (unpaired) electrons. The summed E-state index contributed by atoms with van der Waals surface area (Å²) < 4.78 is 10.4.